The molecule has 0 saturated heterocycles. The fourth-order valence-electron chi connectivity index (χ4n) is 0.678. The molecule has 0 radical (unpaired) electrons. The molecule has 1 atom stereocenters. The Morgan fingerprint density at radius 1 is 1.83 bits per heavy atom. The van der Waals surface area contributed by atoms with Gasteiger partial charge in [0, 0.05) is 6.42 Å². The van der Waals surface area contributed by atoms with Crippen LogP contribution in [0.25, 0.3) is 0 Å². The molecule has 0 saturated carbocycles. The Labute approximate surface area is 71.1 Å². The summed E-state index contributed by atoms with van der Waals surface area (Å²) < 4.78 is 4.52. The predicted octanol–water partition coefficient (Wildman–Crippen LogP) is 0.728. The van der Waals surface area contributed by atoms with Gasteiger partial charge in [0.2, 0.25) is 0 Å². The van der Waals surface area contributed by atoms with Crippen LogP contribution in [0.2, 0.25) is 0 Å². The number of aliphatic hydroxyl groups excluding tert-OH is 1. The Kier molecular flexibility index (Phi) is 4.73. The number of aliphatic hydroxyl groups is 1. The van der Waals surface area contributed by atoms with Crippen LogP contribution in [0.4, 0.5) is 0 Å². The van der Waals surface area contributed by atoms with Crippen molar-refractivity contribution in [1.82, 2.24) is 0 Å². The van der Waals surface area contributed by atoms with Gasteiger partial charge < -0.3 is 9.84 Å². The minimum atomic E-state index is -0.622. The van der Waals surface area contributed by atoms with Crippen LogP contribution in [-0.4, -0.2) is 17.7 Å². The lowest BCUT2D eigenvalue weighted by molar-refractivity contribution is -0.125. The third kappa shape index (κ3) is 3.74. The van der Waals surface area contributed by atoms with Crippen LogP contribution >= 0.6 is 0 Å². The van der Waals surface area contributed by atoms with Crippen LogP contribution < -0.4 is 0 Å². The fourth-order valence-corrected chi connectivity index (χ4v) is 0.678. The van der Waals surface area contributed by atoms with E-state index in [2.05, 4.69) is 4.74 Å². The quantitative estimate of drug-likeness (QED) is 0.382. The zero-order valence-electron chi connectivity index (χ0n) is 7.07. The summed E-state index contributed by atoms with van der Waals surface area (Å²) in [5.74, 6) is 0.225. The molecule has 66 valence electrons. The third-order valence-corrected chi connectivity index (χ3v) is 1.26. The van der Waals surface area contributed by atoms with Gasteiger partial charge in [-0.3, -0.25) is 4.79 Å². The van der Waals surface area contributed by atoms with E-state index in [0.717, 1.165) is 0 Å². The molecule has 12 heavy (non-hydrogen) atoms. The maximum Gasteiger partial charge on any atom is 0.298 e. The summed E-state index contributed by atoms with van der Waals surface area (Å²) in [7, 11) is 0. The number of ether oxygens (including phenoxy) is 1. The average molecular weight is 169 g/mol. The highest BCUT2D eigenvalue weighted by Gasteiger charge is 2.07. The molecular weight excluding hydrogens is 158 g/mol. The molecule has 0 amide bonds. The monoisotopic (exact) mass is 169 g/mol. The van der Waals surface area contributed by atoms with Crippen LogP contribution in [0.1, 0.15) is 20.3 Å². The molecule has 4 nitrogen and oxygen atoms in total. The SMILES string of the molecule is CC(C#N)=C(CC(C)O)OC=O. The summed E-state index contributed by atoms with van der Waals surface area (Å²) >= 11 is 0. The molecule has 0 aromatic carbocycles. The molecule has 4 heteroatoms. The van der Waals surface area contributed by atoms with Crippen molar-refractivity contribution in [2.75, 3.05) is 0 Å². The van der Waals surface area contributed by atoms with E-state index in [9.17, 15) is 4.79 Å². The first-order valence-corrected chi connectivity index (χ1v) is 3.50. The first kappa shape index (κ1) is 10.7. The normalized spacial score (nSPS) is 14.2. The topological polar surface area (TPSA) is 70.3 Å². The molecule has 0 spiro atoms. The standard InChI is InChI=1S/C8H11NO3/c1-6(4-9)8(12-5-10)3-7(2)11/h5,7,11H,3H2,1-2H3. The molecule has 0 heterocycles. The van der Waals surface area contributed by atoms with Crippen molar-refractivity contribution in [3.63, 3.8) is 0 Å². The van der Waals surface area contributed by atoms with Crippen molar-refractivity contribution in [2.24, 2.45) is 0 Å². The number of carbonyl (C=O) groups excluding carboxylic acids is 1. The second-order valence-electron chi connectivity index (χ2n) is 2.43. The Bertz CT molecular complexity index is 225. The van der Waals surface area contributed by atoms with Gasteiger partial charge >= 0.3 is 0 Å². The molecular formula is C8H11NO3. The Morgan fingerprint density at radius 3 is 2.75 bits per heavy atom. The Morgan fingerprint density at radius 2 is 2.42 bits per heavy atom. The van der Waals surface area contributed by atoms with Gasteiger partial charge in [-0.2, -0.15) is 5.26 Å². The molecule has 0 aliphatic heterocycles. The van der Waals surface area contributed by atoms with Crippen molar-refractivity contribution in [3.05, 3.63) is 11.3 Å². The van der Waals surface area contributed by atoms with Gasteiger partial charge in [0.05, 0.1) is 17.7 Å². The van der Waals surface area contributed by atoms with Crippen LogP contribution in [0.3, 0.4) is 0 Å². The molecule has 0 aromatic rings. The molecule has 0 aromatic heterocycles. The zero-order chi connectivity index (χ0) is 9.56. The molecule has 0 bridgehead atoms. The zero-order valence-corrected chi connectivity index (χ0v) is 7.07. The van der Waals surface area contributed by atoms with E-state index in [1.807, 2.05) is 6.07 Å². The largest absolute Gasteiger partial charge is 0.432 e. The van der Waals surface area contributed by atoms with Crippen LogP contribution in [0.15, 0.2) is 11.3 Å². The summed E-state index contributed by atoms with van der Waals surface area (Å²) in [6.45, 7) is 3.33. The van der Waals surface area contributed by atoms with Crippen LogP contribution in [0.5, 0.6) is 0 Å². The summed E-state index contributed by atoms with van der Waals surface area (Å²) in [6.07, 6.45) is -0.443. The van der Waals surface area contributed by atoms with Crippen molar-refractivity contribution in [2.45, 2.75) is 26.4 Å². The summed E-state index contributed by atoms with van der Waals surface area (Å²) in [4.78, 5) is 9.97. The number of carbonyl (C=O) groups is 1. The predicted molar refractivity (Wildman–Crippen MR) is 41.8 cm³/mol. The van der Waals surface area contributed by atoms with Crippen molar-refractivity contribution in [1.29, 1.82) is 5.26 Å². The van der Waals surface area contributed by atoms with E-state index in [1.165, 1.54) is 6.92 Å². The summed E-state index contributed by atoms with van der Waals surface area (Å²) in [5.41, 5.74) is 0.308. The Balaban J connectivity index is 4.44. The fraction of sp³-hybridized carbons (Fsp3) is 0.500. The van der Waals surface area contributed by atoms with Crippen molar-refractivity contribution < 1.29 is 14.6 Å². The van der Waals surface area contributed by atoms with Gasteiger partial charge in [-0.05, 0) is 13.8 Å². The number of hydrogen-bond donors (Lipinski definition) is 1. The first-order chi connectivity index (χ1) is 5.61. The maximum atomic E-state index is 9.97. The van der Waals surface area contributed by atoms with Gasteiger partial charge in [-0.1, -0.05) is 0 Å². The average Bonchev–Trinajstić information content (AvgIpc) is 2.01. The molecule has 0 rings (SSSR count). The van der Waals surface area contributed by atoms with Crippen molar-refractivity contribution in [3.8, 4) is 6.07 Å². The first-order valence-electron chi connectivity index (χ1n) is 3.50. The highest BCUT2D eigenvalue weighted by molar-refractivity contribution is 5.41. The minimum absolute atomic E-state index is 0.179. The summed E-state index contributed by atoms with van der Waals surface area (Å²) in [6, 6.07) is 1.84. The van der Waals surface area contributed by atoms with E-state index >= 15 is 0 Å². The number of rotatable bonds is 4. The highest BCUT2D eigenvalue weighted by Crippen LogP contribution is 2.11. The molecule has 1 N–H and O–H groups in total. The van der Waals surface area contributed by atoms with Crippen LogP contribution in [-0.2, 0) is 9.53 Å². The van der Waals surface area contributed by atoms with Gasteiger partial charge in [0.15, 0.2) is 0 Å². The van der Waals surface area contributed by atoms with Gasteiger partial charge in [-0.25, -0.2) is 0 Å². The lowest BCUT2D eigenvalue weighted by Crippen LogP contribution is -2.05. The van der Waals surface area contributed by atoms with Gasteiger partial charge in [-0.15, -0.1) is 0 Å². The van der Waals surface area contributed by atoms with E-state index in [4.69, 9.17) is 10.4 Å². The van der Waals surface area contributed by atoms with E-state index < -0.39 is 6.10 Å². The molecule has 1 unspecified atom stereocenters. The molecule has 0 aliphatic rings. The smallest absolute Gasteiger partial charge is 0.298 e. The number of hydrogen-bond acceptors (Lipinski definition) is 4. The minimum Gasteiger partial charge on any atom is -0.432 e. The lowest BCUT2D eigenvalue weighted by atomic mass is 10.2. The van der Waals surface area contributed by atoms with E-state index in [0.29, 0.717) is 5.57 Å². The summed E-state index contributed by atoms with van der Waals surface area (Å²) in [5, 5.41) is 17.4. The number of allylic oxidation sites excluding steroid dienone is 1. The van der Waals surface area contributed by atoms with Gasteiger partial charge in [0.25, 0.3) is 6.47 Å². The molecule has 0 aliphatic carbocycles. The number of nitriles is 1. The highest BCUT2D eigenvalue weighted by atomic mass is 16.5. The lowest BCUT2D eigenvalue weighted by Gasteiger charge is -2.06. The van der Waals surface area contributed by atoms with Crippen LogP contribution in [0, 0.1) is 11.3 Å². The van der Waals surface area contributed by atoms with Gasteiger partial charge in [0.1, 0.15) is 5.76 Å². The second-order valence-corrected chi connectivity index (χ2v) is 2.43. The second kappa shape index (κ2) is 5.33. The number of nitrogens with zero attached hydrogens (tertiary/aromatic N) is 1. The van der Waals surface area contributed by atoms with Crippen molar-refractivity contribution >= 4 is 6.47 Å². The maximum absolute atomic E-state index is 9.97. The van der Waals surface area contributed by atoms with E-state index in [1.54, 1.807) is 6.92 Å². The third-order valence-electron chi connectivity index (χ3n) is 1.26. The van der Waals surface area contributed by atoms with E-state index in [-0.39, 0.29) is 18.7 Å². The Hall–Kier alpha value is -1.34. The molecule has 0 fully saturated rings.